The summed E-state index contributed by atoms with van der Waals surface area (Å²) in [5.41, 5.74) is 2.10. The summed E-state index contributed by atoms with van der Waals surface area (Å²) < 4.78 is 43.1. The van der Waals surface area contributed by atoms with Crippen molar-refractivity contribution in [2.24, 2.45) is 0 Å². The lowest BCUT2D eigenvalue weighted by Gasteiger charge is -2.38. The van der Waals surface area contributed by atoms with Crippen LogP contribution in [0.5, 0.6) is 0 Å². The zero-order valence-electron chi connectivity index (χ0n) is 19.7. The third-order valence-corrected chi connectivity index (χ3v) is 8.99. The molecule has 0 radical (unpaired) electrons. The normalized spacial score (nSPS) is 17.3. The number of rotatable bonds is 6. The highest BCUT2D eigenvalue weighted by atomic mass is 32.2. The Morgan fingerprint density at radius 2 is 1.89 bits per heavy atom. The monoisotopic (exact) mass is 523 g/mol. The van der Waals surface area contributed by atoms with Crippen LogP contribution in [0, 0.1) is 5.82 Å². The summed E-state index contributed by atoms with van der Waals surface area (Å²) in [7, 11) is -3.63. The number of carbonyl (C=O) groups excluding carboxylic acids is 1. The summed E-state index contributed by atoms with van der Waals surface area (Å²) in [4.78, 5) is 16.3. The van der Waals surface area contributed by atoms with Crippen molar-refractivity contribution < 1.29 is 17.6 Å². The molecule has 36 heavy (non-hydrogen) atoms. The molecule has 186 valence electrons. The van der Waals surface area contributed by atoms with Crippen molar-refractivity contribution in [1.82, 2.24) is 13.8 Å². The predicted octanol–water partition coefficient (Wildman–Crippen LogP) is 5.04. The molecule has 0 spiro atoms. The SMILES string of the molecule is CC1CN(C(=O)c2cc3ccsc3n2Cc2cccc(F)c2)CCN1S(=O)(=O)/C=C/c1ccccc1. The number of sulfonamides is 1. The molecule has 2 aromatic heterocycles. The average Bonchev–Trinajstić information content (AvgIpc) is 3.45. The van der Waals surface area contributed by atoms with Crippen molar-refractivity contribution in [3.05, 3.63) is 100 Å². The standard InChI is InChI=1S/C27H26FN3O3S2/c1-20-18-29(12-13-31(20)36(33,34)15-11-21-6-3-2-4-7-21)26(32)25-17-23-10-14-35-27(23)30(25)19-22-8-5-9-24(28)16-22/h2-11,14-17,20H,12-13,18-19H2,1H3/b15-11+. The summed E-state index contributed by atoms with van der Waals surface area (Å²) in [5, 5.41) is 4.16. The van der Waals surface area contributed by atoms with Crippen LogP contribution in [-0.4, -0.2) is 53.8 Å². The second-order valence-corrected chi connectivity index (χ2v) is 11.6. The Bertz CT molecular complexity index is 1530. The van der Waals surface area contributed by atoms with Gasteiger partial charge in [0.2, 0.25) is 10.0 Å². The molecular weight excluding hydrogens is 497 g/mol. The molecule has 0 N–H and O–H groups in total. The van der Waals surface area contributed by atoms with Crippen molar-refractivity contribution in [3.8, 4) is 0 Å². The molecule has 1 aliphatic rings. The molecule has 9 heteroatoms. The molecule has 1 unspecified atom stereocenters. The van der Waals surface area contributed by atoms with Gasteiger partial charge in [0, 0.05) is 43.0 Å². The Morgan fingerprint density at radius 3 is 2.64 bits per heavy atom. The molecule has 6 nitrogen and oxygen atoms in total. The van der Waals surface area contributed by atoms with Gasteiger partial charge in [-0.2, -0.15) is 4.31 Å². The third-order valence-electron chi connectivity index (χ3n) is 6.36. The fraction of sp³-hybridized carbons (Fsp3) is 0.222. The Morgan fingerprint density at radius 1 is 1.08 bits per heavy atom. The van der Waals surface area contributed by atoms with Crippen LogP contribution >= 0.6 is 11.3 Å². The van der Waals surface area contributed by atoms with E-state index in [0.29, 0.717) is 18.8 Å². The minimum absolute atomic E-state index is 0.154. The lowest BCUT2D eigenvalue weighted by atomic mass is 10.2. The van der Waals surface area contributed by atoms with Crippen LogP contribution in [0.2, 0.25) is 0 Å². The molecule has 0 bridgehead atoms. The second kappa shape index (κ2) is 10.0. The first-order valence-electron chi connectivity index (χ1n) is 11.7. The van der Waals surface area contributed by atoms with Crippen LogP contribution < -0.4 is 0 Å². The van der Waals surface area contributed by atoms with Crippen molar-refractivity contribution >= 4 is 43.6 Å². The number of benzene rings is 2. The predicted molar refractivity (Wildman–Crippen MR) is 142 cm³/mol. The van der Waals surface area contributed by atoms with Gasteiger partial charge in [0.05, 0.1) is 0 Å². The number of fused-ring (bicyclic) bond motifs is 1. The smallest absolute Gasteiger partial charge is 0.270 e. The van der Waals surface area contributed by atoms with Gasteiger partial charge in [-0.15, -0.1) is 11.3 Å². The Hall–Kier alpha value is -3.27. The number of hydrogen-bond acceptors (Lipinski definition) is 4. The largest absolute Gasteiger partial charge is 0.334 e. The Balaban J connectivity index is 1.34. The first-order chi connectivity index (χ1) is 17.3. The van der Waals surface area contributed by atoms with E-state index in [0.717, 1.165) is 21.3 Å². The molecule has 1 aliphatic heterocycles. The van der Waals surface area contributed by atoms with E-state index in [1.165, 1.54) is 33.2 Å². The molecule has 1 amide bonds. The maximum absolute atomic E-state index is 13.8. The number of hydrogen-bond donors (Lipinski definition) is 0. The van der Waals surface area contributed by atoms with Gasteiger partial charge in [-0.3, -0.25) is 4.79 Å². The van der Waals surface area contributed by atoms with E-state index in [-0.39, 0.29) is 30.9 Å². The van der Waals surface area contributed by atoms with Crippen molar-refractivity contribution in [1.29, 1.82) is 0 Å². The van der Waals surface area contributed by atoms with Gasteiger partial charge in [-0.25, -0.2) is 12.8 Å². The second-order valence-electron chi connectivity index (χ2n) is 8.90. The minimum Gasteiger partial charge on any atom is -0.334 e. The minimum atomic E-state index is -3.63. The fourth-order valence-electron chi connectivity index (χ4n) is 4.60. The number of carbonyl (C=O) groups is 1. The molecule has 0 saturated carbocycles. The highest BCUT2D eigenvalue weighted by Crippen LogP contribution is 2.28. The van der Waals surface area contributed by atoms with Gasteiger partial charge in [-0.1, -0.05) is 42.5 Å². The van der Waals surface area contributed by atoms with Crippen LogP contribution in [0.4, 0.5) is 4.39 Å². The first kappa shape index (κ1) is 24.4. The van der Waals surface area contributed by atoms with E-state index in [4.69, 9.17) is 0 Å². The molecule has 2 aromatic carbocycles. The van der Waals surface area contributed by atoms with Crippen LogP contribution in [0.25, 0.3) is 16.3 Å². The molecule has 4 aromatic rings. The molecule has 5 rings (SSSR count). The van der Waals surface area contributed by atoms with Crippen molar-refractivity contribution in [2.75, 3.05) is 19.6 Å². The first-order valence-corrected chi connectivity index (χ1v) is 14.1. The summed E-state index contributed by atoms with van der Waals surface area (Å²) in [6, 6.07) is 19.1. The molecule has 1 atom stereocenters. The molecule has 0 aliphatic carbocycles. The van der Waals surface area contributed by atoms with E-state index in [9.17, 15) is 17.6 Å². The van der Waals surface area contributed by atoms with Gasteiger partial charge in [0.1, 0.15) is 16.3 Å². The molecular formula is C27H26FN3O3S2. The number of aromatic nitrogens is 1. The Kier molecular flexibility index (Phi) is 6.79. The Labute approximate surface area is 213 Å². The quantitative estimate of drug-likeness (QED) is 0.356. The van der Waals surface area contributed by atoms with Gasteiger partial charge in [-0.05, 0) is 53.8 Å². The highest BCUT2D eigenvalue weighted by Gasteiger charge is 2.34. The zero-order valence-corrected chi connectivity index (χ0v) is 21.4. The maximum Gasteiger partial charge on any atom is 0.270 e. The lowest BCUT2D eigenvalue weighted by Crippen LogP contribution is -2.55. The maximum atomic E-state index is 13.8. The van der Waals surface area contributed by atoms with Crippen LogP contribution in [0.3, 0.4) is 0 Å². The number of halogens is 1. The van der Waals surface area contributed by atoms with Gasteiger partial charge in [0.15, 0.2) is 0 Å². The van der Waals surface area contributed by atoms with E-state index in [1.807, 2.05) is 65.4 Å². The van der Waals surface area contributed by atoms with Gasteiger partial charge >= 0.3 is 0 Å². The number of amides is 1. The van der Waals surface area contributed by atoms with Crippen LogP contribution in [0.1, 0.15) is 28.5 Å². The number of piperazine rings is 1. The van der Waals surface area contributed by atoms with Gasteiger partial charge in [0.25, 0.3) is 5.91 Å². The summed E-state index contributed by atoms with van der Waals surface area (Å²) in [5.74, 6) is -0.471. The van der Waals surface area contributed by atoms with Crippen molar-refractivity contribution in [3.63, 3.8) is 0 Å². The lowest BCUT2D eigenvalue weighted by molar-refractivity contribution is 0.0634. The average molecular weight is 524 g/mol. The number of thiophene rings is 1. The van der Waals surface area contributed by atoms with Crippen molar-refractivity contribution in [2.45, 2.75) is 19.5 Å². The van der Waals surface area contributed by atoms with Gasteiger partial charge < -0.3 is 9.47 Å². The van der Waals surface area contributed by atoms with E-state index in [1.54, 1.807) is 17.0 Å². The molecule has 1 fully saturated rings. The summed E-state index contributed by atoms with van der Waals surface area (Å²) >= 11 is 1.53. The van der Waals surface area contributed by atoms with E-state index in [2.05, 4.69) is 0 Å². The zero-order chi connectivity index (χ0) is 25.3. The van der Waals surface area contributed by atoms with E-state index < -0.39 is 10.0 Å². The molecule has 3 heterocycles. The number of nitrogens with zero attached hydrogens (tertiary/aromatic N) is 3. The topological polar surface area (TPSA) is 62.6 Å². The molecule has 1 saturated heterocycles. The fourth-order valence-corrected chi connectivity index (χ4v) is 6.89. The van der Waals surface area contributed by atoms with Crippen LogP contribution in [-0.2, 0) is 16.6 Å². The highest BCUT2D eigenvalue weighted by molar-refractivity contribution is 7.92. The third kappa shape index (κ3) is 5.00. The van der Waals surface area contributed by atoms with E-state index >= 15 is 0 Å². The summed E-state index contributed by atoms with van der Waals surface area (Å²) in [6.45, 7) is 2.98. The summed E-state index contributed by atoms with van der Waals surface area (Å²) in [6.07, 6.45) is 1.59. The van der Waals surface area contributed by atoms with Crippen LogP contribution in [0.15, 0.2) is 77.5 Å².